The summed E-state index contributed by atoms with van der Waals surface area (Å²) in [7, 11) is 0. The summed E-state index contributed by atoms with van der Waals surface area (Å²) in [5.41, 5.74) is 5.07. The molecule has 7 nitrogen and oxygen atoms in total. The largest absolute Gasteiger partial charge is 0.493 e. The number of carbonyl (C=O) groups excluding carboxylic acids is 1. The van der Waals surface area contributed by atoms with Gasteiger partial charge in [0.2, 0.25) is 0 Å². The van der Waals surface area contributed by atoms with Gasteiger partial charge in [-0.3, -0.25) is 14.5 Å². The van der Waals surface area contributed by atoms with E-state index in [4.69, 9.17) is 14.6 Å². The van der Waals surface area contributed by atoms with Crippen molar-refractivity contribution in [2.75, 3.05) is 39.5 Å². The monoisotopic (exact) mass is 544 g/mol. The van der Waals surface area contributed by atoms with Crippen LogP contribution in [0.4, 0.5) is 0 Å². The molecule has 1 saturated heterocycles. The van der Waals surface area contributed by atoms with E-state index in [0.29, 0.717) is 25.1 Å². The molecule has 0 atom stereocenters. The molecule has 1 amide bonds. The highest BCUT2D eigenvalue weighted by Crippen LogP contribution is 2.26. The lowest BCUT2D eigenvalue weighted by atomic mass is 9.94. The number of morpholine rings is 1. The van der Waals surface area contributed by atoms with Crippen LogP contribution in [-0.4, -0.2) is 61.3 Å². The number of nitrogens with one attached hydrogen (secondary N) is 1. The van der Waals surface area contributed by atoms with E-state index in [-0.39, 0.29) is 12.3 Å². The van der Waals surface area contributed by atoms with E-state index >= 15 is 0 Å². The van der Waals surface area contributed by atoms with Gasteiger partial charge >= 0.3 is 5.97 Å². The molecule has 3 aromatic rings. The van der Waals surface area contributed by atoms with Crippen molar-refractivity contribution in [3.63, 3.8) is 0 Å². The normalized spacial score (nSPS) is 13.6. The van der Waals surface area contributed by atoms with Crippen LogP contribution in [0.3, 0.4) is 0 Å². The first-order valence-corrected chi connectivity index (χ1v) is 14.3. The van der Waals surface area contributed by atoms with Crippen LogP contribution in [0.25, 0.3) is 11.1 Å². The molecule has 212 valence electrons. The van der Waals surface area contributed by atoms with E-state index in [1.807, 2.05) is 54.6 Å². The van der Waals surface area contributed by atoms with Gasteiger partial charge in [-0.15, -0.1) is 0 Å². The number of para-hydroxylation sites is 1. The lowest BCUT2D eigenvalue weighted by Gasteiger charge is -2.26. The van der Waals surface area contributed by atoms with Crippen LogP contribution < -0.4 is 10.1 Å². The molecule has 40 heavy (non-hydrogen) atoms. The molecular formula is C33H40N2O5. The minimum absolute atomic E-state index is 0.113. The Balaban J connectivity index is 1.37. The molecule has 0 aromatic heterocycles. The Hall–Kier alpha value is -3.68. The molecule has 1 heterocycles. The third-order valence-electron chi connectivity index (χ3n) is 7.18. The summed E-state index contributed by atoms with van der Waals surface area (Å²) in [4.78, 5) is 26.3. The smallest absolute Gasteiger partial charge is 0.303 e. The van der Waals surface area contributed by atoms with Gasteiger partial charge in [0.15, 0.2) is 0 Å². The summed E-state index contributed by atoms with van der Waals surface area (Å²) in [6.45, 7) is 5.44. The summed E-state index contributed by atoms with van der Waals surface area (Å²) in [6, 6.07) is 24.0. The minimum atomic E-state index is -0.767. The Morgan fingerprint density at radius 3 is 2.45 bits per heavy atom. The number of rotatable bonds is 15. The van der Waals surface area contributed by atoms with Gasteiger partial charge in [-0.2, -0.15) is 0 Å². The highest BCUT2D eigenvalue weighted by molar-refractivity contribution is 5.95. The molecule has 0 aliphatic carbocycles. The van der Waals surface area contributed by atoms with Crippen LogP contribution in [-0.2, 0) is 22.5 Å². The van der Waals surface area contributed by atoms with E-state index in [1.54, 1.807) is 0 Å². The summed E-state index contributed by atoms with van der Waals surface area (Å²) in [5.74, 6) is -0.140. The third kappa shape index (κ3) is 9.21. The number of carboxylic acids is 1. The number of carboxylic acid groups (broad SMARTS) is 1. The molecule has 1 fully saturated rings. The van der Waals surface area contributed by atoms with Gasteiger partial charge in [0, 0.05) is 37.2 Å². The first kappa shape index (κ1) is 29.3. The fourth-order valence-corrected chi connectivity index (χ4v) is 4.96. The molecule has 0 unspecified atom stereocenters. The number of nitrogens with zero attached hydrogens (tertiary/aromatic N) is 1. The van der Waals surface area contributed by atoms with Crippen molar-refractivity contribution in [2.45, 2.75) is 45.1 Å². The van der Waals surface area contributed by atoms with Crippen LogP contribution in [0.1, 0.15) is 53.6 Å². The summed E-state index contributed by atoms with van der Waals surface area (Å²) in [5, 5.41) is 11.8. The Morgan fingerprint density at radius 1 is 0.875 bits per heavy atom. The second-order valence-electron chi connectivity index (χ2n) is 10.1. The molecule has 0 radical (unpaired) electrons. The minimum Gasteiger partial charge on any atom is -0.493 e. The predicted octanol–water partition coefficient (Wildman–Crippen LogP) is 5.57. The van der Waals surface area contributed by atoms with Crippen molar-refractivity contribution in [2.24, 2.45) is 0 Å². The Labute approximate surface area is 237 Å². The fourth-order valence-electron chi connectivity index (χ4n) is 4.96. The first-order valence-electron chi connectivity index (χ1n) is 14.3. The van der Waals surface area contributed by atoms with Gasteiger partial charge in [-0.05, 0) is 73.5 Å². The van der Waals surface area contributed by atoms with Crippen molar-refractivity contribution >= 4 is 11.9 Å². The molecule has 1 aliphatic heterocycles. The zero-order valence-corrected chi connectivity index (χ0v) is 23.1. The Kier molecular flexibility index (Phi) is 11.6. The maximum Gasteiger partial charge on any atom is 0.303 e. The van der Waals surface area contributed by atoms with E-state index < -0.39 is 5.97 Å². The molecule has 2 N–H and O–H groups in total. The summed E-state index contributed by atoms with van der Waals surface area (Å²) in [6.07, 6.45) is 4.34. The summed E-state index contributed by atoms with van der Waals surface area (Å²) >= 11 is 0. The van der Waals surface area contributed by atoms with Gasteiger partial charge in [0.25, 0.3) is 5.91 Å². The number of carbonyl (C=O) groups is 2. The molecule has 0 saturated carbocycles. The van der Waals surface area contributed by atoms with Gasteiger partial charge in [0.05, 0.1) is 19.8 Å². The van der Waals surface area contributed by atoms with Crippen molar-refractivity contribution in [1.29, 1.82) is 0 Å². The lowest BCUT2D eigenvalue weighted by Crippen LogP contribution is -2.36. The van der Waals surface area contributed by atoms with Crippen molar-refractivity contribution < 1.29 is 24.2 Å². The number of unbranched alkanes of at least 4 members (excludes halogenated alkanes) is 2. The maximum absolute atomic E-state index is 13.2. The number of amides is 1. The number of benzene rings is 3. The molecule has 0 spiro atoms. The van der Waals surface area contributed by atoms with Crippen LogP contribution >= 0.6 is 0 Å². The number of hydrogen-bond donors (Lipinski definition) is 2. The second kappa shape index (κ2) is 15.8. The quantitative estimate of drug-likeness (QED) is 0.243. The SMILES string of the molecule is O=C(O)CCCCCOc1ccccc1CNC(=O)c1ccc(-c2ccccc2)c(CCCN2CCOCC2)c1. The molecule has 7 heteroatoms. The fraction of sp³-hybridized carbons (Fsp3) is 0.394. The predicted molar refractivity (Wildman–Crippen MR) is 157 cm³/mol. The van der Waals surface area contributed by atoms with E-state index in [2.05, 4.69) is 28.4 Å². The third-order valence-corrected chi connectivity index (χ3v) is 7.18. The molecule has 1 aliphatic rings. The zero-order valence-electron chi connectivity index (χ0n) is 23.1. The average molecular weight is 545 g/mol. The molecular weight excluding hydrogens is 504 g/mol. The second-order valence-corrected chi connectivity index (χ2v) is 10.1. The topological polar surface area (TPSA) is 88.1 Å². The van der Waals surface area contributed by atoms with Crippen molar-refractivity contribution in [3.8, 4) is 16.9 Å². The maximum atomic E-state index is 13.2. The van der Waals surface area contributed by atoms with Crippen molar-refractivity contribution in [3.05, 3.63) is 89.5 Å². The number of ether oxygens (including phenoxy) is 2. The molecule has 3 aromatic carbocycles. The zero-order chi connectivity index (χ0) is 28.0. The van der Waals surface area contributed by atoms with E-state index in [0.717, 1.165) is 75.4 Å². The Bertz CT molecular complexity index is 1220. The number of aliphatic carboxylic acids is 1. The highest BCUT2D eigenvalue weighted by atomic mass is 16.5. The highest BCUT2D eigenvalue weighted by Gasteiger charge is 2.14. The van der Waals surface area contributed by atoms with Crippen molar-refractivity contribution in [1.82, 2.24) is 10.2 Å². The van der Waals surface area contributed by atoms with Gasteiger partial charge in [-0.1, -0.05) is 54.6 Å². The molecule has 0 bridgehead atoms. The van der Waals surface area contributed by atoms with Crippen LogP contribution in [0, 0.1) is 0 Å². The van der Waals surface area contributed by atoms with E-state index in [1.165, 1.54) is 11.1 Å². The van der Waals surface area contributed by atoms with Crippen LogP contribution in [0.15, 0.2) is 72.8 Å². The van der Waals surface area contributed by atoms with Gasteiger partial charge < -0.3 is 19.9 Å². The average Bonchev–Trinajstić information content (AvgIpc) is 2.99. The van der Waals surface area contributed by atoms with Crippen LogP contribution in [0.2, 0.25) is 0 Å². The van der Waals surface area contributed by atoms with Crippen LogP contribution in [0.5, 0.6) is 5.75 Å². The van der Waals surface area contributed by atoms with Gasteiger partial charge in [-0.25, -0.2) is 0 Å². The number of aryl methyl sites for hydroxylation is 1. The summed E-state index contributed by atoms with van der Waals surface area (Å²) < 4.78 is 11.4. The van der Waals surface area contributed by atoms with Gasteiger partial charge in [0.1, 0.15) is 5.75 Å². The Morgan fingerprint density at radius 2 is 1.65 bits per heavy atom. The molecule has 4 rings (SSSR count). The first-order chi connectivity index (χ1) is 19.6. The number of hydrogen-bond acceptors (Lipinski definition) is 5. The lowest BCUT2D eigenvalue weighted by molar-refractivity contribution is -0.137. The standard InChI is InChI=1S/C33H40N2O5/c36-32(37)15-5-2-8-21-40-31-14-7-6-12-29(31)25-34-33(38)28-16-17-30(26-10-3-1-4-11-26)27(24-28)13-9-18-35-19-22-39-23-20-35/h1,3-4,6-7,10-12,14,16-17,24H,2,5,8-9,13,15,18-23,25H2,(H,34,38)(H,36,37). The van der Waals surface area contributed by atoms with E-state index in [9.17, 15) is 9.59 Å².